The quantitative estimate of drug-likeness (QED) is 0.656. The van der Waals surface area contributed by atoms with Crippen LogP contribution in [0.4, 0.5) is 0 Å². The lowest BCUT2D eigenvalue weighted by Crippen LogP contribution is -1.75. The molecule has 0 amide bonds. The van der Waals surface area contributed by atoms with Crippen molar-refractivity contribution in [3.8, 4) is 0 Å². The summed E-state index contributed by atoms with van der Waals surface area (Å²) in [6.45, 7) is 0. The Morgan fingerprint density at radius 2 is 1.83 bits per heavy atom. The second-order valence-corrected chi connectivity index (χ2v) is 3.81. The highest BCUT2D eigenvalue weighted by molar-refractivity contribution is 7.00. The minimum atomic E-state index is 0.332. The minimum absolute atomic E-state index is 0.332. The van der Waals surface area contributed by atoms with Crippen LogP contribution in [0.25, 0.3) is 11.0 Å². The van der Waals surface area contributed by atoms with E-state index in [0.717, 1.165) is 11.7 Å². The summed E-state index contributed by atoms with van der Waals surface area (Å²) >= 11 is 18.5. The number of rotatable bonds is 0. The van der Waals surface area contributed by atoms with Gasteiger partial charge in [-0.1, -0.05) is 34.8 Å². The van der Waals surface area contributed by atoms with Crippen molar-refractivity contribution in [2.24, 2.45) is 0 Å². The van der Waals surface area contributed by atoms with Gasteiger partial charge in [0.25, 0.3) is 0 Å². The molecule has 0 saturated heterocycles. The third kappa shape index (κ3) is 1.17. The topological polar surface area (TPSA) is 25.8 Å². The van der Waals surface area contributed by atoms with E-state index in [2.05, 4.69) is 8.75 Å². The molecule has 2 nitrogen and oxygen atoms in total. The maximum atomic E-state index is 5.86. The average molecular weight is 240 g/mol. The lowest BCUT2D eigenvalue weighted by Gasteiger charge is -1.97. The molecule has 0 saturated carbocycles. The van der Waals surface area contributed by atoms with Crippen LogP contribution < -0.4 is 0 Å². The van der Waals surface area contributed by atoms with Gasteiger partial charge in [0.2, 0.25) is 0 Å². The van der Waals surface area contributed by atoms with Crippen LogP contribution in [0.5, 0.6) is 0 Å². The molecule has 1 heterocycles. The third-order valence-electron chi connectivity index (χ3n) is 1.39. The maximum Gasteiger partial charge on any atom is 0.125 e. The zero-order valence-corrected chi connectivity index (χ0v) is 8.60. The summed E-state index contributed by atoms with van der Waals surface area (Å²) in [5.74, 6) is 0. The van der Waals surface area contributed by atoms with Gasteiger partial charge in [-0.25, -0.2) is 0 Å². The fraction of sp³-hybridized carbons (Fsp3) is 0. The normalized spacial score (nSPS) is 10.9. The molecule has 12 heavy (non-hydrogen) atoms. The highest BCUT2D eigenvalue weighted by Crippen LogP contribution is 2.35. The van der Waals surface area contributed by atoms with Crippen LogP contribution in [0.2, 0.25) is 15.1 Å². The molecule has 0 N–H and O–H groups in total. The van der Waals surface area contributed by atoms with Gasteiger partial charge in [0, 0.05) is 0 Å². The van der Waals surface area contributed by atoms with Crippen molar-refractivity contribution in [1.29, 1.82) is 0 Å². The number of hydrogen-bond donors (Lipinski definition) is 0. The molecule has 2 rings (SSSR count). The minimum Gasteiger partial charge on any atom is -0.173 e. The van der Waals surface area contributed by atoms with Gasteiger partial charge in [-0.05, 0) is 6.07 Å². The Hall–Kier alpha value is -0.0900. The van der Waals surface area contributed by atoms with E-state index in [-0.39, 0.29) is 0 Å². The van der Waals surface area contributed by atoms with E-state index < -0.39 is 0 Å². The van der Waals surface area contributed by atoms with Crippen LogP contribution in [0.15, 0.2) is 6.07 Å². The predicted octanol–water partition coefficient (Wildman–Crippen LogP) is 3.65. The van der Waals surface area contributed by atoms with Crippen molar-refractivity contribution in [2.75, 3.05) is 0 Å². The van der Waals surface area contributed by atoms with E-state index >= 15 is 0 Å². The molecule has 0 fully saturated rings. The molecule has 0 unspecified atom stereocenters. The summed E-state index contributed by atoms with van der Waals surface area (Å²) in [7, 11) is 0. The maximum absolute atomic E-state index is 5.86. The second kappa shape index (κ2) is 3.00. The van der Waals surface area contributed by atoms with Gasteiger partial charge >= 0.3 is 0 Å². The van der Waals surface area contributed by atoms with E-state index in [1.807, 2.05) is 0 Å². The largest absolute Gasteiger partial charge is 0.173 e. The van der Waals surface area contributed by atoms with E-state index in [9.17, 15) is 0 Å². The predicted molar refractivity (Wildman–Crippen MR) is 52.4 cm³/mol. The van der Waals surface area contributed by atoms with E-state index in [4.69, 9.17) is 34.8 Å². The average Bonchev–Trinajstić information content (AvgIpc) is 2.48. The molecule has 0 bridgehead atoms. The van der Waals surface area contributed by atoms with Crippen LogP contribution in [0.3, 0.4) is 0 Å². The molecule has 1 aromatic carbocycles. The molecule has 6 heteroatoms. The highest BCUT2D eigenvalue weighted by Gasteiger charge is 2.11. The Morgan fingerprint density at radius 1 is 1.08 bits per heavy atom. The van der Waals surface area contributed by atoms with Gasteiger partial charge < -0.3 is 0 Å². The summed E-state index contributed by atoms with van der Waals surface area (Å²) < 4.78 is 7.96. The van der Waals surface area contributed by atoms with Crippen molar-refractivity contribution in [3.63, 3.8) is 0 Å². The van der Waals surface area contributed by atoms with Crippen LogP contribution in [0.1, 0.15) is 0 Å². The van der Waals surface area contributed by atoms with Gasteiger partial charge in [-0.15, -0.1) is 0 Å². The van der Waals surface area contributed by atoms with Crippen molar-refractivity contribution < 1.29 is 0 Å². The molecular formula is C6HCl3N2S. The lowest BCUT2D eigenvalue weighted by atomic mass is 10.3. The van der Waals surface area contributed by atoms with Crippen LogP contribution in [-0.4, -0.2) is 8.75 Å². The van der Waals surface area contributed by atoms with Gasteiger partial charge in [0.05, 0.1) is 26.8 Å². The molecule has 0 aliphatic rings. The van der Waals surface area contributed by atoms with Crippen molar-refractivity contribution in [3.05, 3.63) is 21.1 Å². The Balaban J connectivity index is 2.94. The second-order valence-electron chi connectivity index (χ2n) is 2.12. The first-order valence-corrected chi connectivity index (χ1v) is 4.82. The zero-order valence-electron chi connectivity index (χ0n) is 5.51. The SMILES string of the molecule is Clc1cc2nsnc2c(Cl)c1Cl. The summed E-state index contributed by atoms with van der Waals surface area (Å²) in [6.07, 6.45) is 0. The molecule has 0 spiro atoms. The molecule has 62 valence electrons. The smallest absolute Gasteiger partial charge is 0.125 e. The number of fused-ring (bicyclic) bond motifs is 1. The Labute approximate surface area is 87.4 Å². The molecule has 0 aliphatic carbocycles. The fourth-order valence-corrected chi connectivity index (χ4v) is 2.05. The molecule has 0 atom stereocenters. The number of nitrogens with zero attached hydrogens (tertiary/aromatic N) is 2. The monoisotopic (exact) mass is 238 g/mol. The van der Waals surface area contributed by atoms with Crippen molar-refractivity contribution >= 4 is 57.6 Å². The van der Waals surface area contributed by atoms with Gasteiger partial charge in [-0.2, -0.15) is 8.75 Å². The number of benzene rings is 1. The molecule has 1 aromatic heterocycles. The lowest BCUT2D eigenvalue weighted by molar-refractivity contribution is 1.64. The fourth-order valence-electron chi connectivity index (χ4n) is 0.835. The Morgan fingerprint density at radius 3 is 2.58 bits per heavy atom. The van der Waals surface area contributed by atoms with Gasteiger partial charge in [0.1, 0.15) is 11.0 Å². The Bertz CT molecular complexity index is 440. The Kier molecular flexibility index (Phi) is 2.12. The number of aromatic nitrogens is 2. The number of halogens is 3. The van der Waals surface area contributed by atoms with Gasteiger partial charge in [-0.3, -0.25) is 0 Å². The molecule has 0 radical (unpaired) electrons. The van der Waals surface area contributed by atoms with Crippen LogP contribution in [0, 0.1) is 0 Å². The standard InChI is InChI=1S/C6HCl3N2S/c7-2-1-3-6(11-12-10-3)5(9)4(2)8/h1H. The first-order valence-electron chi connectivity index (χ1n) is 2.96. The van der Waals surface area contributed by atoms with Crippen molar-refractivity contribution in [2.45, 2.75) is 0 Å². The molecule has 0 aliphatic heterocycles. The van der Waals surface area contributed by atoms with Crippen molar-refractivity contribution in [1.82, 2.24) is 8.75 Å². The summed E-state index contributed by atoms with van der Waals surface area (Å²) in [4.78, 5) is 0. The first kappa shape index (κ1) is 8.51. The van der Waals surface area contributed by atoms with Crippen LogP contribution >= 0.6 is 46.5 Å². The highest BCUT2D eigenvalue weighted by atomic mass is 35.5. The summed E-state index contributed by atoms with van der Waals surface area (Å²) in [6, 6.07) is 1.65. The first-order chi connectivity index (χ1) is 5.70. The third-order valence-corrected chi connectivity index (χ3v) is 3.18. The van der Waals surface area contributed by atoms with E-state index in [1.54, 1.807) is 6.07 Å². The van der Waals surface area contributed by atoms with Gasteiger partial charge in [0.15, 0.2) is 0 Å². The van der Waals surface area contributed by atoms with Crippen LogP contribution in [-0.2, 0) is 0 Å². The summed E-state index contributed by atoms with van der Waals surface area (Å²) in [5.41, 5.74) is 1.29. The van der Waals surface area contributed by atoms with E-state index in [1.165, 1.54) is 0 Å². The summed E-state index contributed by atoms with van der Waals surface area (Å²) in [5, 5.41) is 1.10. The number of hydrogen-bond acceptors (Lipinski definition) is 3. The molecular weight excluding hydrogens is 239 g/mol. The molecule has 2 aromatic rings. The van der Waals surface area contributed by atoms with E-state index in [0.29, 0.717) is 26.1 Å². The zero-order chi connectivity index (χ0) is 8.72.